The molecule has 2 aromatic carbocycles. The highest BCUT2D eigenvalue weighted by atomic mass is 35.5. The Morgan fingerprint density at radius 2 is 1.89 bits per heavy atom. The zero-order chi connectivity index (χ0) is 13.4. The van der Waals surface area contributed by atoms with E-state index in [1.165, 1.54) is 12.1 Å². The zero-order valence-corrected chi connectivity index (χ0v) is 11.2. The quantitative estimate of drug-likeness (QED) is 0.620. The maximum absolute atomic E-state index is 13.2. The van der Waals surface area contributed by atoms with Crippen molar-refractivity contribution < 1.29 is 8.81 Å². The summed E-state index contributed by atoms with van der Waals surface area (Å²) in [6.07, 6.45) is 0. The van der Waals surface area contributed by atoms with Crippen molar-refractivity contribution in [3.63, 3.8) is 0 Å². The van der Waals surface area contributed by atoms with Crippen LogP contribution in [0.25, 0.3) is 22.6 Å². The fourth-order valence-corrected chi connectivity index (χ4v) is 2.24. The number of rotatable bonds is 2. The maximum atomic E-state index is 13.2. The molecule has 3 aromatic rings. The monoisotopic (exact) mass is 295 g/mol. The molecule has 0 fully saturated rings. The Balaban J connectivity index is 2.12. The average Bonchev–Trinajstić information content (AvgIpc) is 2.83. The molecular formula is C14H8Cl2FNO. The summed E-state index contributed by atoms with van der Waals surface area (Å²) in [6, 6.07) is 9.98. The number of halogens is 3. The van der Waals surface area contributed by atoms with Gasteiger partial charge >= 0.3 is 0 Å². The molecule has 0 aliphatic rings. The Labute approximate surface area is 118 Å². The largest absolute Gasteiger partial charge is 0.435 e. The standard InChI is InChI=1S/C14H8Cl2FNO/c15-7-8-1-3-9(4-2-8)14-18-12-6-10(17)5-11(16)13(12)19-14/h1-6H,7H2. The van der Waals surface area contributed by atoms with Gasteiger partial charge in [0.1, 0.15) is 11.3 Å². The Morgan fingerprint density at radius 3 is 2.58 bits per heavy atom. The number of hydrogen-bond acceptors (Lipinski definition) is 2. The molecule has 96 valence electrons. The van der Waals surface area contributed by atoms with E-state index in [0.717, 1.165) is 11.1 Å². The third-order valence-corrected chi connectivity index (χ3v) is 3.35. The van der Waals surface area contributed by atoms with Gasteiger partial charge in [0, 0.05) is 17.5 Å². The predicted molar refractivity (Wildman–Crippen MR) is 74.0 cm³/mol. The predicted octanol–water partition coefficient (Wildman–Crippen LogP) is 5.03. The lowest BCUT2D eigenvalue weighted by atomic mass is 10.1. The lowest BCUT2D eigenvalue weighted by molar-refractivity contribution is 0.614. The Bertz CT molecular complexity index is 737. The lowest BCUT2D eigenvalue weighted by Crippen LogP contribution is -1.80. The molecule has 3 rings (SSSR count). The van der Waals surface area contributed by atoms with Gasteiger partial charge in [-0.25, -0.2) is 9.37 Å². The van der Waals surface area contributed by atoms with Crippen molar-refractivity contribution in [3.05, 3.63) is 52.8 Å². The first kappa shape index (κ1) is 12.5. The highest BCUT2D eigenvalue weighted by Crippen LogP contribution is 2.30. The summed E-state index contributed by atoms with van der Waals surface area (Å²) in [4.78, 5) is 4.24. The minimum atomic E-state index is -0.435. The van der Waals surface area contributed by atoms with Crippen LogP contribution >= 0.6 is 23.2 Å². The number of benzene rings is 2. The van der Waals surface area contributed by atoms with E-state index in [-0.39, 0.29) is 5.02 Å². The Morgan fingerprint density at radius 1 is 1.16 bits per heavy atom. The molecule has 0 N–H and O–H groups in total. The number of fused-ring (bicyclic) bond motifs is 1. The average molecular weight is 296 g/mol. The van der Waals surface area contributed by atoms with Gasteiger partial charge in [0.25, 0.3) is 0 Å². The van der Waals surface area contributed by atoms with Crippen LogP contribution < -0.4 is 0 Å². The zero-order valence-electron chi connectivity index (χ0n) is 9.66. The molecule has 0 bridgehead atoms. The van der Waals surface area contributed by atoms with Gasteiger partial charge in [-0.15, -0.1) is 11.6 Å². The molecule has 0 amide bonds. The summed E-state index contributed by atoms with van der Waals surface area (Å²) in [6.45, 7) is 0. The summed E-state index contributed by atoms with van der Waals surface area (Å²) in [7, 11) is 0. The van der Waals surface area contributed by atoms with Gasteiger partial charge in [0.2, 0.25) is 5.89 Å². The van der Waals surface area contributed by atoms with Gasteiger partial charge in [0.05, 0.1) is 5.02 Å². The van der Waals surface area contributed by atoms with E-state index in [2.05, 4.69) is 4.98 Å². The summed E-state index contributed by atoms with van der Waals surface area (Å²) < 4.78 is 18.8. The van der Waals surface area contributed by atoms with Crippen LogP contribution in [0.5, 0.6) is 0 Å². The van der Waals surface area contributed by atoms with Crippen molar-refractivity contribution in [2.24, 2.45) is 0 Å². The van der Waals surface area contributed by atoms with Gasteiger partial charge in [-0.3, -0.25) is 0 Å². The smallest absolute Gasteiger partial charge is 0.227 e. The SMILES string of the molecule is Fc1cc(Cl)c2oc(-c3ccc(CCl)cc3)nc2c1. The van der Waals surface area contributed by atoms with Crippen LogP contribution in [0.3, 0.4) is 0 Å². The molecule has 0 saturated heterocycles. The van der Waals surface area contributed by atoms with E-state index in [1.807, 2.05) is 24.3 Å². The topological polar surface area (TPSA) is 26.0 Å². The second kappa shape index (κ2) is 4.83. The first-order chi connectivity index (χ1) is 9.17. The third-order valence-electron chi connectivity index (χ3n) is 2.76. The third kappa shape index (κ3) is 2.31. The summed E-state index contributed by atoms with van der Waals surface area (Å²) >= 11 is 11.6. The molecule has 0 aliphatic heterocycles. The van der Waals surface area contributed by atoms with Crippen molar-refractivity contribution in [2.45, 2.75) is 5.88 Å². The molecule has 0 atom stereocenters. The van der Waals surface area contributed by atoms with Crippen LogP contribution in [-0.4, -0.2) is 4.98 Å². The Hall–Kier alpha value is -1.58. The molecule has 19 heavy (non-hydrogen) atoms. The summed E-state index contributed by atoms with van der Waals surface area (Å²) in [5.74, 6) is 0.420. The van der Waals surface area contributed by atoms with E-state index in [1.54, 1.807) is 0 Å². The van der Waals surface area contributed by atoms with Crippen LogP contribution in [0.15, 0.2) is 40.8 Å². The number of hydrogen-bond donors (Lipinski definition) is 0. The van der Waals surface area contributed by atoms with Gasteiger partial charge in [-0.2, -0.15) is 0 Å². The second-order valence-electron chi connectivity index (χ2n) is 4.09. The molecule has 1 heterocycles. The minimum Gasteiger partial charge on any atom is -0.435 e. The minimum absolute atomic E-state index is 0.214. The van der Waals surface area contributed by atoms with Gasteiger partial charge in [-0.1, -0.05) is 23.7 Å². The van der Waals surface area contributed by atoms with Crippen LogP contribution in [-0.2, 0) is 5.88 Å². The van der Waals surface area contributed by atoms with E-state index in [4.69, 9.17) is 27.6 Å². The molecule has 0 unspecified atom stereocenters. The first-order valence-corrected chi connectivity index (χ1v) is 6.49. The van der Waals surface area contributed by atoms with Crippen LogP contribution in [0.1, 0.15) is 5.56 Å². The van der Waals surface area contributed by atoms with Gasteiger partial charge < -0.3 is 4.42 Å². The van der Waals surface area contributed by atoms with Crippen LogP contribution in [0, 0.1) is 5.82 Å². The fourth-order valence-electron chi connectivity index (χ4n) is 1.82. The van der Waals surface area contributed by atoms with Crippen molar-refractivity contribution in [1.82, 2.24) is 4.98 Å². The van der Waals surface area contributed by atoms with Crippen molar-refractivity contribution in [1.29, 1.82) is 0 Å². The lowest BCUT2D eigenvalue weighted by Gasteiger charge is -1.97. The normalized spacial score (nSPS) is 11.1. The summed E-state index contributed by atoms with van der Waals surface area (Å²) in [5, 5.41) is 0.214. The molecule has 0 saturated carbocycles. The van der Waals surface area contributed by atoms with Crippen molar-refractivity contribution in [2.75, 3.05) is 0 Å². The Kier molecular flexibility index (Phi) is 3.17. The number of aromatic nitrogens is 1. The number of nitrogens with zero attached hydrogens (tertiary/aromatic N) is 1. The summed E-state index contributed by atoms with van der Waals surface area (Å²) in [5.41, 5.74) is 2.59. The van der Waals surface area contributed by atoms with Crippen molar-refractivity contribution >= 4 is 34.3 Å². The molecule has 1 aromatic heterocycles. The molecule has 0 spiro atoms. The molecular weight excluding hydrogens is 288 g/mol. The molecule has 0 radical (unpaired) electrons. The molecule has 5 heteroatoms. The first-order valence-electron chi connectivity index (χ1n) is 5.58. The van der Waals surface area contributed by atoms with E-state index in [9.17, 15) is 4.39 Å². The molecule has 0 aliphatic carbocycles. The highest BCUT2D eigenvalue weighted by molar-refractivity contribution is 6.34. The van der Waals surface area contributed by atoms with Gasteiger partial charge in [0.15, 0.2) is 5.58 Å². The highest BCUT2D eigenvalue weighted by Gasteiger charge is 2.12. The van der Waals surface area contributed by atoms with E-state index < -0.39 is 5.82 Å². The van der Waals surface area contributed by atoms with Crippen LogP contribution in [0.2, 0.25) is 5.02 Å². The fraction of sp³-hybridized carbons (Fsp3) is 0.0714. The molecule has 2 nitrogen and oxygen atoms in total. The van der Waals surface area contributed by atoms with Crippen LogP contribution in [0.4, 0.5) is 4.39 Å². The van der Waals surface area contributed by atoms with E-state index >= 15 is 0 Å². The second-order valence-corrected chi connectivity index (χ2v) is 4.76. The van der Waals surface area contributed by atoms with Gasteiger partial charge in [-0.05, 0) is 23.8 Å². The van der Waals surface area contributed by atoms with Crippen molar-refractivity contribution in [3.8, 4) is 11.5 Å². The van der Waals surface area contributed by atoms with E-state index in [0.29, 0.717) is 22.9 Å². The number of alkyl halides is 1. The maximum Gasteiger partial charge on any atom is 0.227 e. The number of oxazole rings is 1.